The van der Waals surface area contributed by atoms with Crippen LogP contribution in [0.1, 0.15) is 39.3 Å². The van der Waals surface area contributed by atoms with E-state index in [0.717, 1.165) is 10.6 Å². The molecule has 4 rings (SSSR count). The molecule has 2 aromatic heterocycles. The van der Waals surface area contributed by atoms with Crippen LogP contribution in [0, 0.1) is 0 Å². The first-order valence-electron chi connectivity index (χ1n) is 9.17. The van der Waals surface area contributed by atoms with Crippen molar-refractivity contribution in [2.45, 2.75) is 25.1 Å². The molecule has 8 nitrogen and oxygen atoms in total. The molecular formula is C18H16ClF3N4O4. The van der Waals surface area contributed by atoms with Crippen molar-refractivity contribution in [2.24, 2.45) is 0 Å². The zero-order valence-electron chi connectivity index (χ0n) is 15.5. The third-order valence-corrected chi connectivity index (χ3v) is 5.67. The molecule has 2 aliphatic heterocycles. The van der Waals surface area contributed by atoms with Gasteiger partial charge in [0, 0.05) is 30.9 Å². The van der Waals surface area contributed by atoms with Gasteiger partial charge in [-0.3, -0.25) is 14.0 Å². The molecule has 12 heteroatoms. The third kappa shape index (κ3) is 3.47. The summed E-state index contributed by atoms with van der Waals surface area (Å²) in [4.78, 5) is 42.6. The van der Waals surface area contributed by atoms with Crippen molar-refractivity contribution >= 4 is 35.5 Å². The average Bonchev–Trinajstić information content (AvgIpc) is 3.29. The van der Waals surface area contributed by atoms with Gasteiger partial charge in [0.25, 0.3) is 5.91 Å². The molecule has 0 atom stereocenters. The number of piperidine rings is 1. The summed E-state index contributed by atoms with van der Waals surface area (Å²) < 4.78 is 46.0. The van der Waals surface area contributed by atoms with Crippen LogP contribution >= 0.6 is 11.6 Å². The molecule has 0 unspecified atom stereocenters. The number of pyridine rings is 1. The van der Waals surface area contributed by atoms with E-state index in [1.807, 2.05) is 0 Å². The highest BCUT2D eigenvalue weighted by molar-refractivity contribution is 6.33. The minimum Gasteiger partial charge on any atom is -0.448 e. The van der Waals surface area contributed by atoms with Gasteiger partial charge < -0.3 is 14.5 Å². The number of likely N-dealkylation sites (tertiary alicyclic amines) is 1. The summed E-state index contributed by atoms with van der Waals surface area (Å²) in [6, 6.07) is 0.605. The van der Waals surface area contributed by atoms with E-state index < -0.39 is 23.3 Å². The maximum Gasteiger partial charge on any atom is 0.420 e. The summed E-state index contributed by atoms with van der Waals surface area (Å²) in [5.41, 5.74) is -2.26. The second-order valence-corrected chi connectivity index (χ2v) is 7.44. The minimum absolute atomic E-state index is 0.0624. The number of rotatable bonds is 3. The molecule has 2 amide bonds. The fourth-order valence-electron chi connectivity index (χ4n) is 3.81. The molecular weight excluding hydrogens is 429 g/mol. The SMILES string of the molecule is O=Cc1cc(C(F)(F)F)c2nc(C(=O)N3CCC(N4CCOC4=O)CC3)c(Cl)n2c1. The number of carbonyl (C=O) groups is 3. The van der Waals surface area contributed by atoms with Gasteiger partial charge in [-0.25, -0.2) is 9.78 Å². The Hall–Kier alpha value is -2.82. The molecule has 2 saturated heterocycles. The van der Waals surface area contributed by atoms with Crippen LogP contribution in [0.3, 0.4) is 0 Å². The topological polar surface area (TPSA) is 84.2 Å². The number of aldehydes is 1. The maximum absolute atomic E-state index is 13.4. The van der Waals surface area contributed by atoms with Crippen molar-refractivity contribution in [2.75, 3.05) is 26.2 Å². The van der Waals surface area contributed by atoms with Crippen LogP contribution in [0.4, 0.5) is 18.0 Å². The summed E-state index contributed by atoms with van der Waals surface area (Å²) in [5.74, 6) is -0.605. The lowest BCUT2D eigenvalue weighted by molar-refractivity contribution is -0.136. The number of alkyl halides is 3. The standard InChI is InChI=1S/C18H16ClF3N4O4/c19-14-13(23-15-12(18(20,21)22)7-10(9-27)8-26(14)15)16(28)24-3-1-11(2-4-24)25-5-6-30-17(25)29/h7-9,11H,1-6H2. The first-order chi connectivity index (χ1) is 14.2. The predicted molar refractivity (Wildman–Crippen MR) is 97.6 cm³/mol. The van der Waals surface area contributed by atoms with Gasteiger partial charge in [-0.2, -0.15) is 13.2 Å². The van der Waals surface area contributed by atoms with Gasteiger partial charge in [-0.05, 0) is 18.9 Å². The molecule has 160 valence electrons. The van der Waals surface area contributed by atoms with E-state index >= 15 is 0 Å². The fraction of sp³-hybridized carbons (Fsp3) is 0.444. The summed E-state index contributed by atoms with van der Waals surface area (Å²) >= 11 is 6.17. The van der Waals surface area contributed by atoms with Crippen molar-refractivity contribution in [3.05, 3.63) is 34.2 Å². The van der Waals surface area contributed by atoms with Crippen molar-refractivity contribution < 1.29 is 32.3 Å². The third-order valence-electron chi connectivity index (χ3n) is 5.31. The molecule has 2 aliphatic rings. The number of aromatic nitrogens is 2. The van der Waals surface area contributed by atoms with Crippen LogP contribution in [0.25, 0.3) is 5.65 Å². The van der Waals surface area contributed by atoms with Gasteiger partial charge in [-0.1, -0.05) is 11.6 Å². The van der Waals surface area contributed by atoms with Gasteiger partial charge in [0.15, 0.2) is 17.6 Å². The Morgan fingerprint density at radius 1 is 1.27 bits per heavy atom. The molecule has 30 heavy (non-hydrogen) atoms. The van der Waals surface area contributed by atoms with E-state index in [-0.39, 0.29) is 34.8 Å². The molecule has 0 bridgehead atoms. The van der Waals surface area contributed by atoms with Crippen molar-refractivity contribution in [3.8, 4) is 0 Å². The van der Waals surface area contributed by atoms with Gasteiger partial charge >= 0.3 is 12.3 Å². The molecule has 0 aromatic carbocycles. The predicted octanol–water partition coefficient (Wildman–Crippen LogP) is 2.88. The first kappa shape index (κ1) is 20.5. The van der Waals surface area contributed by atoms with Gasteiger partial charge in [-0.15, -0.1) is 0 Å². The van der Waals surface area contributed by atoms with Gasteiger partial charge in [0.05, 0.1) is 12.1 Å². The largest absolute Gasteiger partial charge is 0.448 e. The number of carbonyl (C=O) groups excluding carboxylic acids is 3. The number of imidazole rings is 1. The highest BCUT2D eigenvalue weighted by atomic mass is 35.5. The lowest BCUT2D eigenvalue weighted by Crippen LogP contribution is -2.47. The van der Waals surface area contributed by atoms with E-state index in [9.17, 15) is 27.6 Å². The molecule has 2 aromatic rings. The van der Waals surface area contributed by atoms with Gasteiger partial charge in [0.2, 0.25) is 0 Å². The smallest absolute Gasteiger partial charge is 0.420 e. The van der Waals surface area contributed by atoms with Crippen LogP contribution in [-0.2, 0) is 10.9 Å². The summed E-state index contributed by atoms with van der Waals surface area (Å²) in [7, 11) is 0. The van der Waals surface area contributed by atoms with Crippen LogP contribution in [0.2, 0.25) is 5.15 Å². The van der Waals surface area contributed by atoms with Crippen LogP contribution in [0.15, 0.2) is 12.3 Å². The molecule has 2 fully saturated rings. The number of hydrogen-bond acceptors (Lipinski definition) is 5. The van der Waals surface area contributed by atoms with Crippen LogP contribution in [0.5, 0.6) is 0 Å². The molecule has 0 N–H and O–H groups in total. The molecule has 0 spiro atoms. The Bertz CT molecular complexity index is 1030. The zero-order chi connectivity index (χ0) is 21.6. The Kier molecular flexibility index (Phi) is 5.08. The minimum atomic E-state index is -4.78. The molecule has 0 aliphatic carbocycles. The fourth-order valence-corrected chi connectivity index (χ4v) is 4.07. The Labute approximate surface area is 173 Å². The quantitative estimate of drug-likeness (QED) is 0.680. The Morgan fingerprint density at radius 3 is 2.53 bits per heavy atom. The summed E-state index contributed by atoms with van der Waals surface area (Å²) in [6.07, 6.45) is -2.77. The number of ether oxygens (including phenoxy) is 1. The lowest BCUT2D eigenvalue weighted by atomic mass is 10.0. The van der Waals surface area contributed by atoms with Crippen LogP contribution < -0.4 is 0 Å². The Morgan fingerprint density at radius 2 is 1.97 bits per heavy atom. The van der Waals surface area contributed by atoms with E-state index in [4.69, 9.17) is 16.3 Å². The normalized spacial score (nSPS) is 18.2. The molecule has 4 heterocycles. The van der Waals surface area contributed by atoms with Crippen molar-refractivity contribution in [1.29, 1.82) is 0 Å². The number of cyclic esters (lactones) is 1. The highest BCUT2D eigenvalue weighted by Gasteiger charge is 2.37. The summed E-state index contributed by atoms with van der Waals surface area (Å²) in [5, 5.41) is -0.297. The van der Waals surface area contributed by atoms with E-state index in [2.05, 4.69) is 4.98 Å². The lowest BCUT2D eigenvalue weighted by Gasteiger charge is -2.35. The summed E-state index contributed by atoms with van der Waals surface area (Å²) in [6.45, 7) is 1.42. The van der Waals surface area contributed by atoms with Crippen LogP contribution in [-0.4, -0.2) is 69.8 Å². The number of fused-ring (bicyclic) bond motifs is 1. The monoisotopic (exact) mass is 444 g/mol. The Balaban J connectivity index is 1.60. The van der Waals surface area contributed by atoms with Crippen molar-refractivity contribution in [3.63, 3.8) is 0 Å². The first-order valence-corrected chi connectivity index (χ1v) is 9.55. The number of amides is 2. The average molecular weight is 445 g/mol. The molecule has 0 radical (unpaired) electrons. The number of nitrogens with zero attached hydrogens (tertiary/aromatic N) is 4. The van der Waals surface area contributed by atoms with E-state index in [0.29, 0.717) is 45.1 Å². The maximum atomic E-state index is 13.4. The van der Waals surface area contributed by atoms with E-state index in [1.54, 1.807) is 4.90 Å². The second kappa shape index (κ2) is 7.46. The van der Waals surface area contributed by atoms with Crippen molar-refractivity contribution in [1.82, 2.24) is 19.2 Å². The highest BCUT2D eigenvalue weighted by Crippen LogP contribution is 2.35. The number of hydrogen-bond donors (Lipinski definition) is 0. The molecule has 0 saturated carbocycles. The van der Waals surface area contributed by atoms with Gasteiger partial charge in [0.1, 0.15) is 11.8 Å². The number of halogens is 4. The van der Waals surface area contributed by atoms with E-state index in [1.165, 1.54) is 4.90 Å². The zero-order valence-corrected chi connectivity index (χ0v) is 16.2. The second-order valence-electron chi connectivity index (χ2n) is 7.08.